The van der Waals surface area contributed by atoms with Gasteiger partial charge in [-0.3, -0.25) is 4.79 Å². The maximum absolute atomic E-state index is 12.1. The number of carbonyl (C=O) groups excluding carboxylic acids is 1. The normalized spacial score (nSPS) is 10.3. The minimum atomic E-state index is -0.147. The van der Waals surface area contributed by atoms with Gasteiger partial charge in [0, 0.05) is 19.3 Å². The Balaban J connectivity index is 2.11. The zero-order valence-corrected chi connectivity index (χ0v) is 10.5. The summed E-state index contributed by atoms with van der Waals surface area (Å²) in [5.41, 5.74) is 7.47. The summed E-state index contributed by atoms with van der Waals surface area (Å²) in [4.78, 5) is 13.7. The van der Waals surface area contributed by atoms with Crippen molar-refractivity contribution in [1.29, 1.82) is 0 Å². The summed E-state index contributed by atoms with van der Waals surface area (Å²) in [7, 11) is 1.73. The number of hydrogen-bond acceptors (Lipinski definition) is 3. The van der Waals surface area contributed by atoms with Crippen LogP contribution in [0.1, 0.15) is 21.9 Å². The lowest BCUT2D eigenvalue weighted by Gasteiger charge is -2.16. The molecule has 4 heteroatoms. The van der Waals surface area contributed by atoms with Gasteiger partial charge in [0.1, 0.15) is 5.76 Å². The quantitative estimate of drug-likeness (QED) is 0.844. The van der Waals surface area contributed by atoms with Crippen molar-refractivity contribution in [3.63, 3.8) is 0 Å². The molecule has 0 saturated heterocycles. The van der Waals surface area contributed by atoms with Crippen molar-refractivity contribution in [1.82, 2.24) is 4.90 Å². The lowest BCUT2D eigenvalue weighted by molar-refractivity contribution is 0.0752. The van der Waals surface area contributed by atoms with Gasteiger partial charge in [0.15, 0.2) is 5.76 Å². The van der Waals surface area contributed by atoms with E-state index in [1.165, 1.54) is 0 Å². The Morgan fingerprint density at radius 2 is 2.00 bits per heavy atom. The highest BCUT2D eigenvalue weighted by molar-refractivity contribution is 5.91. The number of furan rings is 1. The molecule has 0 spiro atoms. The third-order valence-corrected chi connectivity index (χ3v) is 2.76. The lowest BCUT2D eigenvalue weighted by Crippen LogP contribution is -2.26. The Morgan fingerprint density at radius 1 is 1.28 bits per heavy atom. The summed E-state index contributed by atoms with van der Waals surface area (Å²) < 4.78 is 5.31. The molecular weight excluding hydrogens is 228 g/mol. The van der Waals surface area contributed by atoms with Crippen LogP contribution in [0.4, 0.5) is 5.69 Å². The number of rotatable bonds is 3. The van der Waals surface area contributed by atoms with Crippen molar-refractivity contribution in [2.24, 2.45) is 0 Å². The van der Waals surface area contributed by atoms with Crippen molar-refractivity contribution in [3.05, 3.63) is 53.5 Å². The fourth-order valence-electron chi connectivity index (χ4n) is 1.74. The first kappa shape index (κ1) is 12.2. The van der Waals surface area contributed by atoms with E-state index in [0.29, 0.717) is 18.0 Å². The standard InChI is InChI=1S/C14H16N2O2/c1-10-7-8-13(18-10)14(17)16(2)9-11-5-3-4-6-12(11)15/h3-8H,9,15H2,1-2H3. The van der Waals surface area contributed by atoms with Crippen LogP contribution in [-0.2, 0) is 6.54 Å². The van der Waals surface area contributed by atoms with Gasteiger partial charge in [-0.25, -0.2) is 0 Å². The molecule has 94 valence electrons. The number of aryl methyl sites for hydroxylation is 1. The van der Waals surface area contributed by atoms with Gasteiger partial charge in [-0.05, 0) is 30.7 Å². The fourth-order valence-corrected chi connectivity index (χ4v) is 1.74. The number of carbonyl (C=O) groups is 1. The lowest BCUT2D eigenvalue weighted by atomic mass is 10.1. The first-order valence-corrected chi connectivity index (χ1v) is 5.73. The third kappa shape index (κ3) is 2.53. The average molecular weight is 244 g/mol. The van der Waals surface area contributed by atoms with Crippen LogP contribution in [0.2, 0.25) is 0 Å². The summed E-state index contributed by atoms with van der Waals surface area (Å²) in [6, 6.07) is 11.0. The number of hydrogen-bond donors (Lipinski definition) is 1. The minimum Gasteiger partial charge on any atom is -0.456 e. The maximum Gasteiger partial charge on any atom is 0.289 e. The van der Waals surface area contributed by atoms with Crippen molar-refractivity contribution in [3.8, 4) is 0 Å². The zero-order chi connectivity index (χ0) is 13.1. The van der Waals surface area contributed by atoms with E-state index in [0.717, 1.165) is 11.3 Å². The van der Waals surface area contributed by atoms with Crippen LogP contribution in [0.3, 0.4) is 0 Å². The predicted octanol–water partition coefficient (Wildman–Crippen LogP) is 2.44. The van der Waals surface area contributed by atoms with E-state index in [9.17, 15) is 4.79 Å². The number of para-hydroxylation sites is 1. The molecule has 2 N–H and O–H groups in total. The van der Waals surface area contributed by atoms with Gasteiger partial charge in [0.25, 0.3) is 5.91 Å². The van der Waals surface area contributed by atoms with Crippen LogP contribution in [0.15, 0.2) is 40.8 Å². The second-order valence-electron chi connectivity index (χ2n) is 4.27. The van der Waals surface area contributed by atoms with Gasteiger partial charge in [0.05, 0.1) is 0 Å². The first-order chi connectivity index (χ1) is 8.58. The smallest absolute Gasteiger partial charge is 0.289 e. The van der Waals surface area contributed by atoms with Crippen LogP contribution in [0, 0.1) is 6.92 Å². The van der Waals surface area contributed by atoms with Crippen LogP contribution in [-0.4, -0.2) is 17.9 Å². The van der Waals surface area contributed by atoms with Crippen molar-refractivity contribution in [2.45, 2.75) is 13.5 Å². The molecule has 0 aliphatic heterocycles. The Hall–Kier alpha value is -2.23. The summed E-state index contributed by atoms with van der Waals surface area (Å²) in [5.74, 6) is 0.932. The number of nitrogen functional groups attached to an aromatic ring is 1. The molecule has 18 heavy (non-hydrogen) atoms. The molecule has 0 unspecified atom stereocenters. The second kappa shape index (κ2) is 4.96. The largest absolute Gasteiger partial charge is 0.456 e. The van der Waals surface area contributed by atoms with Gasteiger partial charge in [-0.1, -0.05) is 18.2 Å². The van der Waals surface area contributed by atoms with E-state index in [4.69, 9.17) is 10.2 Å². The average Bonchev–Trinajstić information content (AvgIpc) is 2.78. The Bertz CT molecular complexity index is 560. The topological polar surface area (TPSA) is 59.5 Å². The molecule has 0 radical (unpaired) electrons. The molecule has 0 bridgehead atoms. The molecule has 1 aromatic carbocycles. The molecular formula is C14H16N2O2. The Morgan fingerprint density at radius 3 is 2.61 bits per heavy atom. The van der Waals surface area contributed by atoms with Crippen molar-refractivity contribution in [2.75, 3.05) is 12.8 Å². The molecule has 2 rings (SSSR count). The molecule has 0 saturated carbocycles. The van der Waals surface area contributed by atoms with Gasteiger partial charge in [0.2, 0.25) is 0 Å². The number of benzene rings is 1. The van der Waals surface area contributed by atoms with E-state index in [1.54, 1.807) is 24.1 Å². The van der Waals surface area contributed by atoms with Gasteiger partial charge in [-0.15, -0.1) is 0 Å². The van der Waals surface area contributed by atoms with E-state index in [-0.39, 0.29) is 5.91 Å². The summed E-state index contributed by atoms with van der Waals surface area (Å²) in [6.07, 6.45) is 0. The molecule has 0 aliphatic carbocycles. The molecule has 2 aromatic rings. The third-order valence-electron chi connectivity index (χ3n) is 2.76. The SMILES string of the molecule is Cc1ccc(C(=O)N(C)Cc2ccccc2N)o1. The summed E-state index contributed by atoms with van der Waals surface area (Å²) in [6.45, 7) is 2.28. The number of nitrogens with two attached hydrogens (primary N) is 1. The highest BCUT2D eigenvalue weighted by Gasteiger charge is 2.16. The van der Waals surface area contributed by atoms with Crippen LogP contribution in [0.25, 0.3) is 0 Å². The van der Waals surface area contributed by atoms with Gasteiger partial charge >= 0.3 is 0 Å². The highest BCUT2D eigenvalue weighted by atomic mass is 16.3. The monoisotopic (exact) mass is 244 g/mol. The molecule has 1 amide bonds. The molecule has 0 aliphatic rings. The summed E-state index contributed by atoms with van der Waals surface area (Å²) in [5, 5.41) is 0. The predicted molar refractivity (Wildman–Crippen MR) is 70.1 cm³/mol. The molecule has 4 nitrogen and oxygen atoms in total. The van der Waals surface area contributed by atoms with Crippen molar-refractivity contribution >= 4 is 11.6 Å². The minimum absolute atomic E-state index is 0.147. The molecule has 0 fully saturated rings. The zero-order valence-electron chi connectivity index (χ0n) is 10.5. The van der Waals surface area contributed by atoms with E-state index in [1.807, 2.05) is 31.2 Å². The molecule has 1 heterocycles. The Kier molecular flexibility index (Phi) is 3.37. The van der Waals surface area contributed by atoms with E-state index >= 15 is 0 Å². The van der Waals surface area contributed by atoms with Crippen LogP contribution >= 0.6 is 0 Å². The van der Waals surface area contributed by atoms with Crippen molar-refractivity contribution < 1.29 is 9.21 Å². The van der Waals surface area contributed by atoms with Gasteiger partial charge in [-0.2, -0.15) is 0 Å². The van der Waals surface area contributed by atoms with Crippen LogP contribution < -0.4 is 5.73 Å². The maximum atomic E-state index is 12.1. The van der Waals surface area contributed by atoms with E-state index < -0.39 is 0 Å². The Labute approximate surface area is 106 Å². The van der Waals surface area contributed by atoms with Gasteiger partial charge < -0.3 is 15.1 Å². The summed E-state index contributed by atoms with van der Waals surface area (Å²) >= 11 is 0. The molecule has 0 atom stereocenters. The molecule has 1 aromatic heterocycles. The van der Waals surface area contributed by atoms with Crippen LogP contribution in [0.5, 0.6) is 0 Å². The highest BCUT2D eigenvalue weighted by Crippen LogP contribution is 2.15. The number of nitrogens with zero attached hydrogens (tertiary/aromatic N) is 1. The first-order valence-electron chi connectivity index (χ1n) is 5.73. The van der Waals surface area contributed by atoms with E-state index in [2.05, 4.69) is 0 Å². The fraction of sp³-hybridized carbons (Fsp3) is 0.214. The second-order valence-corrected chi connectivity index (χ2v) is 4.27. The number of amides is 1. The number of anilines is 1.